The fourth-order valence-electron chi connectivity index (χ4n) is 1.45. The van der Waals surface area contributed by atoms with Crippen molar-refractivity contribution in [2.45, 2.75) is 0 Å². The van der Waals surface area contributed by atoms with Gasteiger partial charge in [0, 0.05) is 15.6 Å². The van der Waals surface area contributed by atoms with Crippen LogP contribution >= 0.6 is 15.9 Å². The third-order valence-corrected chi connectivity index (χ3v) is 2.88. The zero-order valence-electron chi connectivity index (χ0n) is 8.89. The van der Waals surface area contributed by atoms with Gasteiger partial charge in [-0.3, -0.25) is 9.59 Å². The quantitative estimate of drug-likeness (QED) is 0.640. The van der Waals surface area contributed by atoms with Crippen molar-refractivity contribution in [2.24, 2.45) is 0 Å². The lowest BCUT2D eigenvalue weighted by atomic mass is 10.0. The Morgan fingerprint density at radius 3 is 1.71 bits per heavy atom. The average Bonchev–Trinajstić information content (AvgIpc) is 2.39. The summed E-state index contributed by atoms with van der Waals surface area (Å²) >= 11 is 3.28. The van der Waals surface area contributed by atoms with Crippen LogP contribution in [0, 0.1) is 0 Å². The molecule has 0 bridgehead atoms. The molecule has 2 rings (SSSR count). The summed E-state index contributed by atoms with van der Waals surface area (Å²) in [6, 6.07) is 15.3. The molecule has 0 aliphatic heterocycles. The number of carbonyl (C=O) groups is 2. The van der Waals surface area contributed by atoms with Crippen molar-refractivity contribution in [2.75, 3.05) is 0 Å². The van der Waals surface area contributed by atoms with E-state index < -0.39 is 11.6 Å². The fourth-order valence-corrected chi connectivity index (χ4v) is 1.72. The second-order valence-corrected chi connectivity index (χ2v) is 4.45. The summed E-state index contributed by atoms with van der Waals surface area (Å²) in [5.41, 5.74) is 0.822. The van der Waals surface area contributed by atoms with E-state index in [1.54, 1.807) is 54.6 Å². The molecule has 17 heavy (non-hydrogen) atoms. The Labute approximate surface area is 107 Å². The van der Waals surface area contributed by atoms with Crippen molar-refractivity contribution in [3.63, 3.8) is 0 Å². The monoisotopic (exact) mass is 288 g/mol. The molecule has 0 aliphatic carbocycles. The summed E-state index contributed by atoms with van der Waals surface area (Å²) in [4.78, 5) is 23.8. The number of halogens is 1. The summed E-state index contributed by atoms with van der Waals surface area (Å²) in [6.07, 6.45) is 0. The molecule has 0 spiro atoms. The van der Waals surface area contributed by atoms with Gasteiger partial charge in [0.15, 0.2) is 0 Å². The molecule has 0 saturated heterocycles. The van der Waals surface area contributed by atoms with Gasteiger partial charge in [0.25, 0.3) is 0 Å². The lowest BCUT2D eigenvalue weighted by molar-refractivity contribution is 0.0817. The second kappa shape index (κ2) is 5.06. The predicted molar refractivity (Wildman–Crippen MR) is 69.2 cm³/mol. The highest BCUT2D eigenvalue weighted by Gasteiger charge is 2.17. The Bertz CT molecular complexity index is 544. The second-order valence-electron chi connectivity index (χ2n) is 3.53. The number of Topliss-reactive ketones (excluding diaryl/α,β-unsaturated/α-hetero) is 2. The van der Waals surface area contributed by atoms with Crippen molar-refractivity contribution < 1.29 is 9.59 Å². The summed E-state index contributed by atoms with van der Waals surface area (Å²) < 4.78 is 0.876. The highest BCUT2D eigenvalue weighted by molar-refractivity contribution is 9.10. The van der Waals surface area contributed by atoms with Crippen LogP contribution in [0.4, 0.5) is 0 Å². The minimum Gasteiger partial charge on any atom is -0.285 e. The predicted octanol–water partition coefficient (Wildman–Crippen LogP) is 3.51. The minimum absolute atomic E-state index is 0.405. The van der Waals surface area contributed by atoms with Crippen LogP contribution in [0.1, 0.15) is 20.7 Å². The summed E-state index contributed by atoms with van der Waals surface area (Å²) in [5, 5.41) is 0. The molecule has 0 N–H and O–H groups in total. The van der Waals surface area contributed by atoms with Gasteiger partial charge in [0.2, 0.25) is 11.6 Å². The average molecular weight is 289 g/mol. The van der Waals surface area contributed by atoms with Gasteiger partial charge in [-0.1, -0.05) is 46.3 Å². The summed E-state index contributed by atoms with van der Waals surface area (Å²) in [7, 11) is 0. The molecule has 0 atom stereocenters. The van der Waals surface area contributed by atoms with Gasteiger partial charge < -0.3 is 0 Å². The third-order valence-electron chi connectivity index (χ3n) is 2.35. The van der Waals surface area contributed by atoms with Gasteiger partial charge >= 0.3 is 0 Å². The minimum atomic E-state index is -0.483. The molecular weight excluding hydrogens is 280 g/mol. The van der Waals surface area contributed by atoms with Gasteiger partial charge in [-0.15, -0.1) is 0 Å². The number of benzene rings is 2. The highest BCUT2D eigenvalue weighted by atomic mass is 79.9. The normalized spacial score (nSPS) is 9.94. The van der Waals surface area contributed by atoms with Gasteiger partial charge in [-0.05, 0) is 24.3 Å². The Morgan fingerprint density at radius 2 is 1.18 bits per heavy atom. The van der Waals surface area contributed by atoms with Crippen LogP contribution < -0.4 is 0 Å². The van der Waals surface area contributed by atoms with Gasteiger partial charge in [-0.2, -0.15) is 0 Å². The zero-order chi connectivity index (χ0) is 12.3. The van der Waals surface area contributed by atoms with E-state index in [0.29, 0.717) is 11.1 Å². The molecule has 0 heterocycles. The first-order valence-electron chi connectivity index (χ1n) is 5.08. The molecule has 0 amide bonds. The van der Waals surface area contributed by atoms with Crippen LogP contribution in [0.25, 0.3) is 0 Å². The van der Waals surface area contributed by atoms with E-state index in [1.165, 1.54) is 0 Å². The van der Waals surface area contributed by atoms with E-state index in [4.69, 9.17) is 0 Å². The largest absolute Gasteiger partial charge is 0.285 e. The Balaban J connectivity index is 2.27. The number of rotatable bonds is 3. The lowest BCUT2D eigenvalue weighted by Crippen LogP contribution is -2.14. The van der Waals surface area contributed by atoms with Crippen LogP contribution in [0.5, 0.6) is 0 Å². The van der Waals surface area contributed by atoms with E-state index in [-0.39, 0.29) is 0 Å². The van der Waals surface area contributed by atoms with Gasteiger partial charge in [0.1, 0.15) is 0 Å². The first-order valence-corrected chi connectivity index (χ1v) is 5.87. The van der Waals surface area contributed by atoms with Crippen molar-refractivity contribution in [3.8, 4) is 0 Å². The summed E-state index contributed by atoms with van der Waals surface area (Å²) in [6.45, 7) is 0. The van der Waals surface area contributed by atoms with Crippen LogP contribution in [0.2, 0.25) is 0 Å². The first kappa shape index (κ1) is 11.7. The van der Waals surface area contributed by atoms with E-state index >= 15 is 0 Å². The maximum atomic E-state index is 11.9. The molecule has 0 fully saturated rings. The molecule has 0 aromatic heterocycles. The first-order chi connectivity index (χ1) is 8.18. The van der Waals surface area contributed by atoms with E-state index in [1.807, 2.05) is 0 Å². The Morgan fingerprint density at radius 1 is 0.706 bits per heavy atom. The standard InChI is InChI=1S/C14H9BrO2/c15-12-8-6-11(7-9-12)14(17)13(16)10-4-2-1-3-5-10/h1-9H. The van der Waals surface area contributed by atoms with E-state index in [9.17, 15) is 9.59 Å². The van der Waals surface area contributed by atoms with Crippen molar-refractivity contribution >= 4 is 27.5 Å². The third kappa shape index (κ3) is 2.68. The zero-order valence-corrected chi connectivity index (χ0v) is 10.5. The van der Waals surface area contributed by atoms with Crippen molar-refractivity contribution in [1.29, 1.82) is 0 Å². The van der Waals surface area contributed by atoms with Crippen molar-refractivity contribution in [3.05, 3.63) is 70.2 Å². The van der Waals surface area contributed by atoms with Crippen LogP contribution in [0.3, 0.4) is 0 Å². The lowest BCUT2D eigenvalue weighted by Gasteiger charge is -2.00. The van der Waals surface area contributed by atoms with Gasteiger partial charge in [0.05, 0.1) is 0 Å². The molecule has 3 heteroatoms. The molecule has 2 nitrogen and oxygen atoms in total. The number of ketones is 2. The Hall–Kier alpha value is -1.74. The topological polar surface area (TPSA) is 34.1 Å². The smallest absolute Gasteiger partial charge is 0.233 e. The molecular formula is C14H9BrO2. The van der Waals surface area contributed by atoms with E-state index in [2.05, 4.69) is 15.9 Å². The van der Waals surface area contributed by atoms with Crippen LogP contribution in [0.15, 0.2) is 59.1 Å². The molecule has 0 saturated carbocycles. The highest BCUT2D eigenvalue weighted by Crippen LogP contribution is 2.13. The molecule has 0 unspecified atom stereocenters. The molecule has 0 radical (unpaired) electrons. The number of hydrogen-bond donors (Lipinski definition) is 0. The van der Waals surface area contributed by atoms with Gasteiger partial charge in [-0.25, -0.2) is 0 Å². The van der Waals surface area contributed by atoms with E-state index in [0.717, 1.165) is 4.47 Å². The Kier molecular flexibility index (Phi) is 3.49. The fraction of sp³-hybridized carbons (Fsp3) is 0. The SMILES string of the molecule is O=C(C(=O)c1ccc(Br)cc1)c1ccccc1. The van der Waals surface area contributed by atoms with Crippen LogP contribution in [-0.2, 0) is 0 Å². The van der Waals surface area contributed by atoms with Crippen LogP contribution in [-0.4, -0.2) is 11.6 Å². The summed E-state index contributed by atoms with van der Waals surface area (Å²) in [5.74, 6) is -0.961. The van der Waals surface area contributed by atoms with Crippen molar-refractivity contribution in [1.82, 2.24) is 0 Å². The number of carbonyl (C=O) groups excluding carboxylic acids is 2. The molecule has 84 valence electrons. The number of hydrogen-bond acceptors (Lipinski definition) is 2. The maximum absolute atomic E-state index is 11.9. The molecule has 0 aliphatic rings. The maximum Gasteiger partial charge on any atom is 0.233 e. The molecule has 2 aromatic rings. The molecule has 2 aromatic carbocycles.